The highest BCUT2D eigenvalue weighted by Crippen LogP contribution is 2.31. The molecule has 1 heterocycles. The zero-order valence-electron chi connectivity index (χ0n) is 10.8. The predicted molar refractivity (Wildman–Crippen MR) is 80.5 cm³/mol. The van der Waals surface area contributed by atoms with Gasteiger partial charge in [0.15, 0.2) is 0 Å². The first-order valence-corrected chi connectivity index (χ1v) is 7.08. The molecule has 0 aliphatic heterocycles. The standard InChI is InChI=1S/C13H15BrClN3O/c1-3-9-13(15)10(18(2)17-9)7-19-11-6-4-5-8(16)12(11)14/h4-6H,3,7,16H2,1-2H3. The zero-order chi connectivity index (χ0) is 14.0. The lowest BCUT2D eigenvalue weighted by Crippen LogP contribution is -2.04. The SMILES string of the molecule is CCc1nn(C)c(COc2cccc(N)c2Br)c1Cl. The average Bonchev–Trinajstić information content (AvgIpc) is 2.66. The Balaban J connectivity index is 2.19. The highest BCUT2D eigenvalue weighted by atomic mass is 79.9. The number of hydrogen-bond acceptors (Lipinski definition) is 3. The summed E-state index contributed by atoms with van der Waals surface area (Å²) in [7, 11) is 1.86. The molecule has 6 heteroatoms. The number of halogens is 2. The number of benzene rings is 1. The quantitative estimate of drug-likeness (QED) is 0.863. The third-order valence-electron chi connectivity index (χ3n) is 2.86. The number of aromatic nitrogens is 2. The molecule has 0 saturated carbocycles. The first kappa shape index (κ1) is 14.2. The molecule has 0 aliphatic carbocycles. The van der Waals surface area contributed by atoms with Crippen LogP contribution in [0.3, 0.4) is 0 Å². The zero-order valence-corrected chi connectivity index (χ0v) is 13.1. The molecule has 0 unspecified atom stereocenters. The Labute approximate surface area is 125 Å². The Morgan fingerprint density at radius 2 is 2.21 bits per heavy atom. The molecular weight excluding hydrogens is 330 g/mol. The van der Waals surface area contributed by atoms with Crippen LogP contribution in [0.2, 0.25) is 5.02 Å². The molecule has 0 spiro atoms. The van der Waals surface area contributed by atoms with Crippen LogP contribution < -0.4 is 10.5 Å². The van der Waals surface area contributed by atoms with Crippen molar-refractivity contribution in [3.05, 3.63) is 39.1 Å². The molecule has 2 N–H and O–H groups in total. The second-order valence-corrected chi connectivity index (χ2v) is 5.30. The lowest BCUT2D eigenvalue weighted by atomic mass is 10.3. The molecule has 0 aliphatic rings. The van der Waals surface area contributed by atoms with Crippen LogP contribution in [0.25, 0.3) is 0 Å². The largest absolute Gasteiger partial charge is 0.486 e. The number of ether oxygens (including phenoxy) is 1. The van der Waals surface area contributed by atoms with Crippen molar-refractivity contribution in [1.82, 2.24) is 9.78 Å². The molecule has 102 valence electrons. The van der Waals surface area contributed by atoms with Crippen molar-refractivity contribution in [3.63, 3.8) is 0 Å². The van der Waals surface area contributed by atoms with Gasteiger partial charge in [0.1, 0.15) is 12.4 Å². The van der Waals surface area contributed by atoms with Gasteiger partial charge in [-0.2, -0.15) is 5.10 Å². The normalized spacial score (nSPS) is 10.7. The third kappa shape index (κ3) is 2.87. The Morgan fingerprint density at radius 1 is 1.47 bits per heavy atom. The van der Waals surface area contributed by atoms with Crippen molar-refractivity contribution in [1.29, 1.82) is 0 Å². The fourth-order valence-electron chi connectivity index (χ4n) is 1.76. The summed E-state index contributed by atoms with van der Waals surface area (Å²) in [6.45, 7) is 2.37. The fourth-order valence-corrected chi connectivity index (χ4v) is 2.49. The minimum atomic E-state index is 0.352. The van der Waals surface area contributed by atoms with E-state index in [1.54, 1.807) is 4.68 Å². The van der Waals surface area contributed by atoms with Crippen molar-refractivity contribution < 1.29 is 4.74 Å². The number of aryl methyl sites for hydroxylation is 2. The van der Waals surface area contributed by atoms with Gasteiger partial charge in [-0.15, -0.1) is 0 Å². The number of hydrogen-bond donors (Lipinski definition) is 1. The number of nitrogens with two attached hydrogens (primary N) is 1. The molecule has 0 radical (unpaired) electrons. The Bertz CT molecular complexity index is 598. The minimum Gasteiger partial charge on any atom is -0.486 e. The van der Waals surface area contributed by atoms with Gasteiger partial charge in [-0.05, 0) is 34.5 Å². The van der Waals surface area contributed by atoms with E-state index in [4.69, 9.17) is 22.1 Å². The van der Waals surface area contributed by atoms with Crippen LogP contribution >= 0.6 is 27.5 Å². The van der Waals surface area contributed by atoms with Crippen LogP contribution in [0.5, 0.6) is 5.75 Å². The van der Waals surface area contributed by atoms with Crippen molar-refractivity contribution in [2.45, 2.75) is 20.0 Å². The molecule has 0 amide bonds. The molecule has 2 aromatic rings. The molecule has 0 saturated heterocycles. The van der Waals surface area contributed by atoms with Crippen molar-refractivity contribution >= 4 is 33.2 Å². The molecule has 0 bridgehead atoms. The maximum Gasteiger partial charge on any atom is 0.136 e. The predicted octanol–water partition coefficient (Wildman–Crippen LogP) is 3.56. The maximum atomic E-state index is 6.27. The third-order valence-corrected chi connectivity index (χ3v) is 4.15. The second-order valence-electron chi connectivity index (χ2n) is 4.13. The van der Waals surface area contributed by atoms with Crippen LogP contribution in [-0.4, -0.2) is 9.78 Å². The summed E-state index contributed by atoms with van der Waals surface area (Å²) >= 11 is 9.67. The second kappa shape index (κ2) is 5.84. The van der Waals surface area contributed by atoms with Crippen LogP contribution in [-0.2, 0) is 20.1 Å². The Morgan fingerprint density at radius 3 is 2.84 bits per heavy atom. The summed E-state index contributed by atoms with van der Waals surface area (Å²) < 4.78 is 8.26. The molecule has 0 fully saturated rings. The summed E-state index contributed by atoms with van der Waals surface area (Å²) in [5.74, 6) is 0.690. The summed E-state index contributed by atoms with van der Waals surface area (Å²) in [5.41, 5.74) is 8.18. The van der Waals surface area contributed by atoms with Gasteiger partial charge < -0.3 is 10.5 Å². The Kier molecular flexibility index (Phi) is 4.37. The molecule has 19 heavy (non-hydrogen) atoms. The van der Waals surface area contributed by atoms with E-state index in [2.05, 4.69) is 21.0 Å². The molecule has 1 aromatic heterocycles. The smallest absolute Gasteiger partial charge is 0.136 e. The summed E-state index contributed by atoms with van der Waals surface area (Å²) in [5, 5.41) is 5.02. The minimum absolute atomic E-state index is 0.352. The molecule has 2 rings (SSSR count). The van der Waals surface area contributed by atoms with E-state index in [-0.39, 0.29) is 0 Å². The van der Waals surface area contributed by atoms with E-state index >= 15 is 0 Å². The first-order valence-electron chi connectivity index (χ1n) is 5.91. The molecule has 0 atom stereocenters. The van der Waals surface area contributed by atoms with Gasteiger partial charge in [-0.1, -0.05) is 24.6 Å². The van der Waals surface area contributed by atoms with Gasteiger partial charge >= 0.3 is 0 Å². The van der Waals surface area contributed by atoms with Crippen LogP contribution in [0.1, 0.15) is 18.3 Å². The maximum absolute atomic E-state index is 6.27. The fraction of sp³-hybridized carbons (Fsp3) is 0.308. The molecule has 1 aromatic carbocycles. The molecule has 4 nitrogen and oxygen atoms in total. The summed E-state index contributed by atoms with van der Waals surface area (Å²) in [6, 6.07) is 5.51. The number of nitrogens with zero attached hydrogens (tertiary/aromatic N) is 2. The highest BCUT2D eigenvalue weighted by Gasteiger charge is 2.14. The van der Waals surface area contributed by atoms with Gasteiger partial charge in [-0.3, -0.25) is 4.68 Å². The van der Waals surface area contributed by atoms with Crippen LogP contribution in [0.15, 0.2) is 22.7 Å². The number of anilines is 1. The van der Waals surface area contributed by atoms with E-state index in [9.17, 15) is 0 Å². The lowest BCUT2D eigenvalue weighted by Gasteiger charge is -2.10. The topological polar surface area (TPSA) is 53.1 Å². The first-order chi connectivity index (χ1) is 9.04. The van der Waals surface area contributed by atoms with Gasteiger partial charge in [0, 0.05) is 12.7 Å². The number of rotatable bonds is 4. The van der Waals surface area contributed by atoms with Gasteiger partial charge in [0.05, 0.1) is 20.9 Å². The van der Waals surface area contributed by atoms with E-state index in [1.165, 1.54) is 0 Å². The highest BCUT2D eigenvalue weighted by molar-refractivity contribution is 9.10. The van der Waals surface area contributed by atoms with Crippen molar-refractivity contribution in [3.8, 4) is 5.75 Å². The van der Waals surface area contributed by atoms with E-state index in [1.807, 2.05) is 32.2 Å². The van der Waals surface area contributed by atoms with Crippen LogP contribution in [0, 0.1) is 0 Å². The van der Waals surface area contributed by atoms with Crippen LogP contribution in [0.4, 0.5) is 5.69 Å². The van der Waals surface area contributed by atoms with Gasteiger partial charge in [-0.25, -0.2) is 0 Å². The molecular formula is C13H15BrClN3O. The monoisotopic (exact) mass is 343 g/mol. The van der Waals surface area contributed by atoms with Gasteiger partial charge in [0.25, 0.3) is 0 Å². The van der Waals surface area contributed by atoms with E-state index < -0.39 is 0 Å². The Hall–Kier alpha value is -1.20. The van der Waals surface area contributed by atoms with E-state index in [0.29, 0.717) is 23.1 Å². The number of nitrogen functional groups attached to an aromatic ring is 1. The average molecular weight is 345 g/mol. The van der Waals surface area contributed by atoms with Crippen molar-refractivity contribution in [2.24, 2.45) is 7.05 Å². The summed E-state index contributed by atoms with van der Waals surface area (Å²) in [6.07, 6.45) is 0.800. The van der Waals surface area contributed by atoms with Gasteiger partial charge in [0.2, 0.25) is 0 Å². The van der Waals surface area contributed by atoms with Crippen molar-refractivity contribution in [2.75, 3.05) is 5.73 Å². The summed E-state index contributed by atoms with van der Waals surface area (Å²) in [4.78, 5) is 0. The lowest BCUT2D eigenvalue weighted by molar-refractivity contribution is 0.293. The van der Waals surface area contributed by atoms with E-state index in [0.717, 1.165) is 22.3 Å².